The van der Waals surface area contributed by atoms with E-state index in [-0.39, 0.29) is 17.4 Å². The molecule has 0 bridgehead atoms. The first-order valence-corrected chi connectivity index (χ1v) is 20.1. The molecule has 0 aromatic rings. The molecule has 5 aliphatic rings. The van der Waals surface area contributed by atoms with Crippen molar-refractivity contribution in [2.75, 3.05) is 13.2 Å². The largest absolute Gasteiger partial charge is 0.417 e. The molecule has 5 heteroatoms. The summed E-state index contributed by atoms with van der Waals surface area (Å²) in [4.78, 5) is 14.0. The molecule has 0 radical (unpaired) electrons. The summed E-state index contributed by atoms with van der Waals surface area (Å²) in [6.07, 6.45) is 15.5. The van der Waals surface area contributed by atoms with E-state index in [1.807, 2.05) is 0 Å². The van der Waals surface area contributed by atoms with E-state index in [9.17, 15) is 4.79 Å². The average Bonchev–Trinajstić information content (AvgIpc) is 3.24. The highest BCUT2D eigenvalue weighted by Gasteiger charge is 2.63. The molecule has 5 unspecified atom stereocenters. The Kier molecular flexibility index (Phi) is 9.12. The van der Waals surface area contributed by atoms with Gasteiger partial charge < -0.3 is 13.9 Å². The normalized spacial score (nSPS) is 43.1. The number of ketones is 1. The van der Waals surface area contributed by atoms with Gasteiger partial charge in [0.15, 0.2) is 14.6 Å². The minimum Gasteiger partial charge on any atom is -0.417 e. The lowest BCUT2D eigenvalue weighted by Crippen LogP contribution is -2.57. The van der Waals surface area contributed by atoms with Gasteiger partial charge in [0.2, 0.25) is 0 Å². The number of ether oxygens (including phenoxy) is 2. The van der Waals surface area contributed by atoms with E-state index in [0.717, 1.165) is 51.2 Å². The van der Waals surface area contributed by atoms with Gasteiger partial charge in [-0.2, -0.15) is 0 Å². The third kappa shape index (κ3) is 5.81. The van der Waals surface area contributed by atoms with Crippen LogP contribution in [0.1, 0.15) is 125 Å². The molecule has 4 saturated carbocycles. The van der Waals surface area contributed by atoms with Crippen LogP contribution in [0.25, 0.3) is 0 Å². The zero-order valence-electron chi connectivity index (χ0n) is 27.4. The number of hydrogen-bond acceptors (Lipinski definition) is 4. The lowest BCUT2D eigenvalue weighted by atomic mass is 9.44. The number of hydrogen-bond donors (Lipinski definition) is 0. The van der Waals surface area contributed by atoms with Gasteiger partial charge in [-0.1, -0.05) is 41.5 Å². The molecule has 1 aliphatic heterocycles. The molecule has 40 heavy (non-hydrogen) atoms. The quantitative estimate of drug-likeness (QED) is 0.165. The van der Waals surface area contributed by atoms with Crippen LogP contribution < -0.4 is 0 Å². The Morgan fingerprint density at radius 1 is 1.00 bits per heavy atom. The third-order valence-corrected chi connectivity index (χ3v) is 18.3. The van der Waals surface area contributed by atoms with Crippen molar-refractivity contribution in [3.63, 3.8) is 0 Å². The van der Waals surface area contributed by atoms with Gasteiger partial charge in [0.05, 0.1) is 6.10 Å². The summed E-state index contributed by atoms with van der Waals surface area (Å²) in [5.41, 5.74) is 0.635. The molecule has 1 saturated heterocycles. The SMILES string of the molecule is C[C@@H](CCCO[Si](C)(C)C(C)(C)C)[C@H]1CCC2C3C(=O)CC4C[C@@H](OC5CCCCO5)CC[C@]4(C)C3CC[C@@]21C. The monoisotopic (exact) mass is 574 g/mol. The molecule has 230 valence electrons. The zero-order chi connectivity index (χ0) is 28.9. The van der Waals surface area contributed by atoms with Gasteiger partial charge >= 0.3 is 0 Å². The van der Waals surface area contributed by atoms with Crippen molar-refractivity contribution in [1.29, 1.82) is 0 Å². The summed E-state index contributed by atoms with van der Waals surface area (Å²) in [6.45, 7) is 21.1. The minimum atomic E-state index is -1.67. The summed E-state index contributed by atoms with van der Waals surface area (Å²) in [5, 5.41) is 0.279. The molecule has 0 amide bonds. The maximum Gasteiger partial charge on any atom is 0.191 e. The summed E-state index contributed by atoms with van der Waals surface area (Å²) < 4.78 is 18.9. The minimum absolute atomic E-state index is 0.0124. The Labute approximate surface area is 247 Å². The van der Waals surface area contributed by atoms with Crippen LogP contribution >= 0.6 is 0 Å². The molecule has 4 nitrogen and oxygen atoms in total. The predicted octanol–water partition coefficient (Wildman–Crippen LogP) is 9.17. The van der Waals surface area contributed by atoms with Crippen molar-refractivity contribution in [3.05, 3.63) is 0 Å². The van der Waals surface area contributed by atoms with Crippen LogP contribution in [0.3, 0.4) is 0 Å². The third-order valence-electron chi connectivity index (χ3n) is 13.7. The maximum absolute atomic E-state index is 14.0. The van der Waals surface area contributed by atoms with Gasteiger partial charge in [-0.25, -0.2) is 0 Å². The summed E-state index contributed by atoms with van der Waals surface area (Å²) in [7, 11) is -1.67. The van der Waals surface area contributed by atoms with E-state index >= 15 is 0 Å². The van der Waals surface area contributed by atoms with E-state index < -0.39 is 8.32 Å². The second-order valence-corrected chi connectivity index (χ2v) is 21.7. The highest BCUT2D eigenvalue weighted by Crippen LogP contribution is 2.67. The van der Waals surface area contributed by atoms with Crippen LogP contribution in [-0.4, -0.2) is 39.7 Å². The lowest BCUT2D eigenvalue weighted by molar-refractivity contribution is -0.211. The van der Waals surface area contributed by atoms with Crippen molar-refractivity contribution in [2.24, 2.45) is 46.3 Å². The topological polar surface area (TPSA) is 44.8 Å². The molecule has 1 heterocycles. The second-order valence-electron chi connectivity index (χ2n) is 16.9. The molecular formula is C35H62O4Si. The van der Waals surface area contributed by atoms with Crippen LogP contribution in [0, 0.1) is 46.3 Å². The zero-order valence-corrected chi connectivity index (χ0v) is 28.4. The first kappa shape index (κ1) is 31.2. The summed E-state index contributed by atoms with van der Waals surface area (Å²) >= 11 is 0. The average molecular weight is 575 g/mol. The van der Waals surface area contributed by atoms with E-state index in [4.69, 9.17) is 13.9 Å². The molecule has 5 fully saturated rings. The fourth-order valence-corrected chi connectivity index (χ4v) is 11.3. The Balaban J connectivity index is 1.19. The van der Waals surface area contributed by atoms with Crippen LogP contribution in [0.15, 0.2) is 0 Å². The summed E-state index contributed by atoms with van der Waals surface area (Å²) in [5.74, 6) is 4.04. The molecule has 10 atom stereocenters. The van der Waals surface area contributed by atoms with E-state index in [0.29, 0.717) is 46.2 Å². The van der Waals surface area contributed by atoms with Gasteiger partial charge in [0.1, 0.15) is 5.78 Å². The van der Waals surface area contributed by atoms with Gasteiger partial charge in [0.25, 0.3) is 0 Å². The number of rotatable bonds is 8. The number of carbonyl (C=O) groups excluding carboxylic acids is 1. The van der Waals surface area contributed by atoms with E-state index in [2.05, 4.69) is 54.6 Å². The molecule has 0 aromatic carbocycles. The first-order chi connectivity index (χ1) is 18.8. The molecule has 5 rings (SSSR count). The van der Waals surface area contributed by atoms with E-state index in [1.54, 1.807) is 0 Å². The van der Waals surface area contributed by atoms with Gasteiger partial charge in [-0.3, -0.25) is 4.79 Å². The van der Waals surface area contributed by atoms with Crippen LogP contribution in [0.5, 0.6) is 0 Å². The number of Topliss-reactive ketones (excluding diaryl/α,β-unsaturated/α-hetero) is 1. The first-order valence-electron chi connectivity index (χ1n) is 17.2. The predicted molar refractivity (Wildman–Crippen MR) is 166 cm³/mol. The molecule has 4 aliphatic carbocycles. The maximum atomic E-state index is 14.0. The Bertz CT molecular complexity index is 890. The number of fused-ring (bicyclic) bond motifs is 5. The van der Waals surface area contributed by atoms with Gasteiger partial charge in [-0.15, -0.1) is 0 Å². The van der Waals surface area contributed by atoms with Gasteiger partial charge in [-0.05, 0) is 136 Å². The second kappa shape index (κ2) is 11.7. The molecular weight excluding hydrogens is 512 g/mol. The van der Waals surface area contributed by atoms with Crippen molar-refractivity contribution in [3.8, 4) is 0 Å². The van der Waals surface area contributed by atoms with Crippen molar-refractivity contribution in [2.45, 2.75) is 156 Å². The fraction of sp³-hybridized carbons (Fsp3) is 0.971. The Hall–Kier alpha value is -0.233. The number of carbonyl (C=O) groups is 1. The fourth-order valence-electron chi connectivity index (χ4n) is 10.2. The van der Waals surface area contributed by atoms with Crippen LogP contribution in [0.2, 0.25) is 18.1 Å². The highest BCUT2D eigenvalue weighted by atomic mass is 28.4. The Morgan fingerprint density at radius 3 is 2.42 bits per heavy atom. The molecule has 0 N–H and O–H groups in total. The molecule has 0 aromatic heterocycles. The molecule has 0 spiro atoms. The lowest BCUT2D eigenvalue weighted by Gasteiger charge is -2.60. The smallest absolute Gasteiger partial charge is 0.191 e. The Morgan fingerprint density at radius 2 is 1.73 bits per heavy atom. The van der Waals surface area contributed by atoms with Crippen molar-refractivity contribution in [1.82, 2.24) is 0 Å². The standard InChI is InChI=1S/C35H62O4Si/c1-24(12-11-21-38-40(7,8)33(2,3)4)27-14-15-28-32-29(17-19-35(27,28)6)34(5)18-16-26(22-25(34)23-30(32)36)39-31-13-9-10-20-37-31/h24-29,31-32H,9-23H2,1-8H3/t24-,25?,26-,27+,28?,29?,31?,32?,34-,35+/m0/s1. The van der Waals surface area contributed by atoms with Crippen LogP contribution in [-0.2, 0) is 18.7 Å². The van der Waals surface area contributed by atoms with E-state index in [1.165, 1.54) is 51.4 Å². The van der Waals surface area contributed by atoms with Crippen LogP contribution in [0.4, 0.5) is 0 Å². The van der Waals surface area contributed by atoms with Crippen molar-refractivity contribution < 1.29 is 18.7 Å². The van der Waals surface area contributed by atoms with Gasteiger partial charge in [0, 0.05) is 25.6 Å². The van der Waals surface area contributed by atoms with Crippen molar-refractivity contribution >= 4 is 14.1 Å². The summed E-state index contributed by atoms with van der Waals surface area (Å²) in [6, 6.07) is 0. The highest BCUT2D eigenvalue weighted by molar-refractivity contribution is 6.74.